The highest BCUT2D eigenvalue weighted by Crippen LogP contribution is 2.02. The summed E-state index contributed by atoms with van der Waals surface area (Å²) in [6.07, 6.45) is 2.60. The quantitative estimate of drug-likeness (QED) is 0.464. The van der Waals surface area contributed by atoms with E-state index in [-0.39, 0.29) is 6.17 Å². The van der Waals surface area contributed by atoms with E-state index in [1.54, 1.807) is 6.08 Å². The monoisotopic (exact) mass is 141 g/mol. The highest BCUT2D eigenvalue weighted by Gasteiger charge is 2.11. The predicted molar refractivity (Wildman–Crippen MR) is 39.2 cm³/mol. The molecule has 1 atom stereocenters. The zero-order valence-corrected chi connectivity index (χ0v) is 5.69. The van der Waals surface area contributed by atoms with E-state index < -0.39 is 0 Å². The van der Waals surface area contributed by atoms with Crippen LogP contribution >= 0.6 is 12.2 Å². The van der Waals surface area contributed by atoms with E-state index in [1.807, 2.05) is 0 Å². The predicted octanol–water partition coefficient (Wildman–Crippen LogP) is 1.23. The van der Waals surface area contributed by atoms with Crippen molar-refractivity contribution in [1.29, 1.82) is 0 Å². The van der Waals surface area contributed by atoms with Crippen LogP contribution in [0.3, 0.4) is 0 Å². The van der Waals surface area contributed by atoms with Gasteiger partial charge >= 0.3 is 0 Å². The van der Waals surface area contributed by atoms with Crippen LogP contribution in [0, 0.1) is 0 Å². The third-order valence-electron chi connectivity index (χ3n) is 0.968. The molecular weight excluding hydrogens is 134 g/mol. The number of rotatable bonds is 2. The molecule has 0 radical (unpaired) electrons. The van der Waals surface area contributed by atoms with Crippen LogP contribution in [0.15, 0.2) is 22.9 Å². The first-order chi connectivity index (χ1) is 4.33. The minimum Gasteiger partial charge on any atom is -0.336 e. The second-order valence-electron chi connectivity index (χ2n) is 1.71. The summed E-state index contributed by atoms with van der Waals surface area (Å²) in [4.78, 5) is 0. The molecule has 1 heterocycles. The lowest BCUT2D eigenvalue weighted by Crippen LogP contribution is -2.24. The fourth-order valence-corrected chi connectivity index (χ4v) is 0.770. The Hall–Kier alpha value is -0.770. The van der Waals surface area contributed by atoms with E-state index in [9.17, 15) is 0 Å². The second-order valence-corrected chi connectivity index (χ2v) is 2.09. The number of nitrogens with one attached hydrogen (secondary N) is 1. The Morgan fingerprint density at radius 3 is 3.11 bits per heavy atom. The molecule has 9 heavy (non-hydrogen) atoms. The largest absolute Gasteiger partial charge is 0.336 e. The van der Waals surface area contributed by atoms with Crippen LogP contribution in [-0.4, -0.2) is 11.3 Å². The molecule has 1 rings (SSSR count). The van der Waals surface area contributed by atoms with Crippen LogP contribution in [0.2, 0.25) is 0 Å². The zero-order valence-electron chi connectivity index (χ0n) is 4.87. The fraction of sp³-hybridized carbons (Fsp3) is 0.400. The first kappa shape index (κ1) is 6.35. The van der Waals surface area contributed by atoms with Gasteiger partial charge in [-0.1, -0.05) is 6.08 Å². The van der Waals surface area contributed by atoms with Crippen molar-refractivity contribution >= 4 is 17.3 Å². The first-order valence-corrected chi connectivity index (χ1v) is 3.06. The van der Waals surface area contributed by atoms with Gasteiger partial charge in [-0.05, 0) is 12.2 Å². The van der Waals surface area contributed by atoms with Crippen LogP contribution < -0.4 is 5.32 Å². The Morgan fingerprint density at radius 2 is 2.67 bits per heavy atom. The third-order valence-corrected chi connectivity index (χ3v) is 1.17. The second kappa shape index (κ2) is 2.68. The van der Waals surface area contributed by atoms with Crippen LogP contribution in [0.4, 0.5) is 0 Å². The molecule has 3 nitrogen and oxygen atoms in total. The van der Waals surface area contributed by atoms with Gasteiger partial charge < -0.3 is 5.32 Å². The summed E-state index contributed by atoms with van der Waals surface area (Å²) in [5, 5.41) is 10.8. The lowest BCUT2D eigenvalue weighted by atomic mass is 10.3. The third kappa shape index (κ3) is 1.57. The molecule has 0 aromatic carbocycles. The summed E-state index contributed by atoms with van der Waals surface area (Å²) < 4.78 is 0. The molecule has 0 spiro atoms. The summed E-state index contributed by atoms with van der Waals surface area (Å²) in [5.74, 6) is 0. The average molecular weight is 141 g/mol. The van der Waals surface area contributed by atoms with E-state index in [4.69, 9.17) is 12.2 Å². The molecule has 0 amide bonds. The Labute approximate surface area is 58.9 Å². The van der Waals surface area contributed by atoms with Gasteiger partial charge in [0.1, 0.15) is 6.17 Å². The van der Waals surface area contributed by atoms with Crippen molar-refractivity contribution in [1.82, 2.24) is 5.32 Å². The van der Waals surface area contributed by atoms with E-state index in [0.717, 1.165) is 6.42 Å². The number of thiocarbonyl (C=S) groups is 1. The lowest BCUT2D eigenvalue weighted by Gasteiger charge is -1.99. The van der Waals surface area contributed by atoms with E-state index in [2.05, 4.69) is 22.1 Å². The molecule has 0 saturated carbocycles. The minimum absolute atomic E-state index is 0.0370. The van der Waals surface area contributed by atoms with Gasteiger partial charge in [0, 0.05) is 6.42 Å². The van der Waals surface area contributed by atoms with Crippen LogP contribution in [-0.2, 0) is 0 Å². The Morgan fingerprint density at radius 1 is 1.89 bits per heavy atom. The van der Waals surface area contributed by atoms with Gasteiger partial charge in [0.15, 0.2) is 0 Å². The van der Waals surface area contributed by atoms with E-state index in [1.165, 1.54) is 0 Å². The molecule has 1 N–H and O–H groups in total. The highest BCUT2D eigenvalue weighted by atomic mass is 32.1. The molecule has 1 aliphatic rings. The first-order valence-electron chi connectivity index (χ1n) is 2.65. The molecule has 48 valence electrons. The smallest absolute Gasteiger partial charge is 0.215 e. The molecule has 1 aliphatic heterocycles. The fourth-order valence-electron chi connectivity index (χ4n) is 0.586. The Bertz CT molecular complexity index is 164. The Kier molecular flexibility index (Phi) is 1.89. The average Bonchev–Trinajstić information content (AvgIpc) is 2.17. The van der Waals surface area contributed by atoms with Gasteiger partial charge in [-0.25, -0.2) is 0 Å². The summed E-state index contributed by atoms with van der Waals surface area (Å²) >= 11 is 4.70. The molecule has 0 aromatic heterocycles. The van der Waals surface area contributed by atoms with Gasteiger partial charge in [0.25, 0.3) is 0 Å². The van der Waals surface area contributed by atoms with Gasteiger partial charge in [-0.3, -0.25) is 0 Å². The maximum Gasteiger partial charge on any atom is 0.215 e. The van der Waals surface area contributed by atoms with Gasteiger partial charge in [-0.15, -0.1) is 11.7 Å². The number of hydrogen-bond donors (Lipinski definition) is 1. The summed E-state index contributed by atoms with van der Waals surface area (Å²) in [7, 11) is 0. The maximum atomic E-state index is 4.70. The maximum absolute atomic E-state index is 4.70. The highest BCUT2D eigenvalue weighted by molar-refractivity contribution is 7.80. The van der Waals surface area contributed by atoms with E-state index >= 15 is 0 Å². The van der Waals surface area contributed by atoms with Crippen molar-refractivity contribution in [2.75, 3.05) is 0 Å². The number of nitrogens with zero attached hydrogens (tertiary/aromatic N) is 2. The molecule has 0 aliphatic carbocycles. The van der Waals surface area contributed by atoms with Crippen molar-refractivity contribution in [3.8, 4) is 0 Å². The van der Waals surface area contributed by atoms with Crippen molar-refractivity contribution in [2.45, 2.75) is 12.6 Å². The van der Waals surface area contributed by atoms with Crippen molar-refractivity contribution in [3.05, 3.63) is 12.7 Å². The van der Waals surface area contributed by atoms with Crippen molar-refractivity contribution in [2.24, 2.45) is 10.2 Å². The van der Waals surface area contributed by atoms with Gasteiger partial charge in [-0.2, -0.15) is 5.11 Å². The molecule has 0 bridgehead atoms. The van der Waals surface area contributed by atoms with Crippen LogP contribution in [0.5, 0.6) is 0 Å². The number of azo groups is 1. The molecule has 0 fully saturated rings. The molecular formula is C5H7N3S. The normalized spacial score (nSPS) is 24.0. The summed E-state index contributed by atoms with van der Waals surface area (Å²) in [5.41, 5.74) is 0. The zero-order chi connectivity index (χ0) is 6.69. The summed E-state index contributed by atoms with van der Waals surface area (Å²) in [6.45, 7) is 3.56. The molecule has 4 heteroatoms. The van der Waals surface area contributed by atoms with Gasteiger partial charge in [0.2, 0.25) is 5.11 Å². The SMILES string of the molecule is C=CCC1N=NC(=S)N1. The number of hydrogen-bond acceptors (Lipinski definition) is 2. The van der Waals surface area contributed by atoms with Crippen molar-refractivity contribution in [3.63, 3.8) is 0 Å². The minimum atomic E-state index is 0.0370. The standard InChI is InChI=1S/C5H7N3S/c1-2-3-4-6-5(9)8-7-4/h2,4H,1,3H2,(H,6,9). The van der Waals surface area contributed by atoms with Crippen molar-refractivity contribution < 1.29 is 0 Å². The summed E-state index contributed by atoms with van der Waals surface area (Å²) in [6, 6.07) is 0. The molecule has 0 saturated heterocycles. The molecule has 1 unspecified atom stereocenters. The van der Waals surface area contributed by atoms with Gasteiger partial charge in [0.05, 0.1) is 0 Å². The lowest BCUT2D eigenvalue weighted by molar-refractivity contribution is 0.663. The molecule has 0 aromatic rings. The Balaban J connectivity index is 2.40. The topological polar surface area (TPSA) is 36.8 Å². The van der Waals surface area contributed by atoms with Crippen LogP contribution in [0.25, 0.3) is 0 Å². The van der Waals surface area contributed by atoms with Crippen LogP contribution in [0.1, 0.15) is 6.42 Å². The van der Waals surface area contributed by atoms with E-state index in [0.29, 0.717) is 5.11 Å².